The molecular formula is C18H32O2. The topological polar surface area (TPSA) is 29.5 Å². The fraction of sp³-hybridized carbons (Fsp3) is 1.00. The summed E-state index contributed by atoms with van der Waals surface area (Å²) in [7, 11) is 0. The van der Waals surface area contributed by atoms with Crippen LogP contribution in [0.4, 0.5) is 0 Å². The van der Waals surface area contributed by atoms with Gasteiger partial charge in [0.05, 0.1) is 12.2 Å². The van der Waals surface area contributed by atoms with Crippen LogP contribution in [0.25, 0.3) is 0 Å². The van der Waals surface area contributed by atoms with Crippen LogP contribution in [0.2, 0.25) is 0 Å². The van der Waals surface area contributed by atoms with Crippen molar-refractivity contribution in [1.82, 2.24) is 0 Å². The van der Waals surface area contributed by atoms with Crippen molar-refractivity contribution in [1.29, 1.82) is 0 Å². The van der Waals surface area contributed by atoms with Gasteiger partial charge in [-0.1, -0.05) is 33.6 Å². The maximum Gasteiger partial charge on any atom is 0.0833 e. The first kappa shape index (κ1) is 14.8. The van der Waals surface area contributed by atoms with Gasteiger partial charge in [-0.2, -0.15) is 0 Å². The Kier molecular flexibility index (Phi) is 3.92. The van der Waals surface area contributed by atoms with Gasteiger partial charge in [-0.25, -0.2) is 0 Å². The van der Waals surface area contributed by atoms with Crippen molar-refractivity contribution in [3.8, 4) is 0 Å². The smallest absolute Gasteiger partial charge is 0.0833 e. The highest BCUT2D eigenvalue weighted by Crippen LogP contribution is 2.68. The second-order valence-corrected chi connectivity index (χ2v) is 8.36. The van der Waals surface area contributed by atoms with E-state index in [1.807, 2.05) is 0 Å². The fourth-order valence-corrected chi connectivity index (χ4v) is 5.44. The third-order valence-electron chi connectivity index (χ3n) is 7.44. The summed E-state index contributed by atoms with van der Waals surface area (Å²) in [6.45, 7) is 8.33. The van der Waals surface area contributed by atoms with E-state index in [-0.39, 0.29) is 12.2 Å². The third-order valence-corrected chi connectivity index (χ3v) is 7.44. The molecular weight excluding hydrogens is 248 g/mol. The maximum atomic E-state index is 9.97. The number of rotatable bonds is 4. The van der Waals surface area contributed by atoms with Gasteiger partial charge in [-0.15, -0.1) is 0 Å². The Bertz CT molecular complexity index is 351. The Hall–Kier alpha value is -0.0800. The second kappa shape index (κ2) is 5.28. The summed E-state index contributed by atoms with van der Waals surface area (Å²) in [4.78, 5) is 0. The predicted molar refractivity (Wildman–Crippen MR) is 81.6 cm³/mol. The van der Waals surface area contributed by atoms with Crippen molar-refractivity contribution in [2.24, 2.45) is 22.7 Å². The van der Waals surface area contributed by atoms with Crippen LogP contribution in [-0.4, -0.2) is 23.9 Å². The van der Waals surface area contributed by atoms with Crippen molar-refractivity contribution in [3.63, 3.8) is 0 Å². The molecule has 0 aromatic carbocycles. The van der Waals surface area contributed by atoms with E-state index in [1.54, 1.807) is 0 Å². The van der Waals surface area contributed by atoms with Crippen LogP contribution in [0, 0.1) is 22.7 Å². The summed E-state index contributed by atoms with van der Waals surface area (Å²) < 4.78 is 6.03. The number of fused-ring (bicyclic) bond motifs is 2. The molecule has 3 aliphatic rings. The minimum absolute atomic E-state index is 0.114. The summed E-state index contributed by atoms with van der Waals surface area (Å²) in [5.74, 6) is 1.76. The summed E-state index contributed by atoms with van der Waals surface area (Å²) in [5.41, 5.74) is 1.04. The van der Waals surface area contributed by atoms with Crippen molar-refractivity contribution in [2.45, 2.75) is 84.3 Å². The summed E-state index contributed by atoms with van der Waals surface area (Å²) >= 11 is 0. The van der Waals surface area contributed by atoms with E-state index in [1.165, 1.54) is 32.1 Å². The van der Waals surface area contributed by atoms with E-state index in [4.69, 9.17) is 4.74 Å². The lowest BCUT2D eigenvalue weighted by atomic mass is 9.66. The number of hydrogen-bond donors (Lipinski definition) is 1. The molecule has 2 bridgehead atoms. The van der Waals surface area contributed by atoms with Gasteiger partial charge in [-0.05, 0) is 61.2 Å². The van der Waals surface area contributed by atoms with Gasteiger partial charge in [0.1, 0.15) is 0 Å². The molecule has 2 nitrogen and oxygen atoms in total. The van der Waals surface area contributed by atoms with Crippen LogP contribution in [-0.2, 0) is 4.74 Å². The van der Waals surface area contributed by atoms with Gasteiger partial charge in [0.2, 0.25) is 0 Å². The molecule has 0 saturated heterocycles. The van der Waals surface area contributed by atoms with Gasteiger partial charge in [0.15, 0.2) is 0 Å². The normalized spacial score (nSPS) is 46.8. The first-order valence-electron chi connectivity index (χ1n) is 8.75. The van der Waals surface area contributed by atoms with E-state index < -0.39 is 0 Å². The monoisotopic (exact) mass is 280 g/mol. The number of hydrogen-bond acceptors (Lipinski definition) is 2. The van der Waals surface area contributed by atoms with Gasteiger partial charge >= 0.3 is 0 Å². The van der Waals surface area contributed by atoms with Crippen LogP contribution < -0.4 is 0 Å². The predicted octanol–water partition coefficient (Wildman–Crippen LogP) is 4.16. The van der Waals surface area contributed by atoms with Gasteiger partial charge in [-0.3, -0.25) is 0 Å². The lowest BCUT2D eigenvalue weighted by molar-refractivity contribution is -0.0660. The van der Waals surface area contributed by atoms with E-state index in [0.717, 1.165) is 37.7 Å². The highest BCUT2D eigenvalue weighted by Gasteiger charge is 2.60. The number of aliphatic hydroxyl groups is 1. The van der Waals surface area contributed by atoms with E-state index in [9.17, 15) is 5.11 Å². The maximum absolute atomic E-state index is 9.97. The zero-order valence-electron chi connectivity index (χ0n) is 13.5. The van der Waals surface area contributed by atoms with Crippen molar-refractivity contribution in [2.75, 3.05) is 6.61 Å². The quantitative estimate of drug-likeness (QED) is 0.838. The molecule has 0 radical (unpaired) electrons. The molecule has 2 heteroatoms. The molecule has 2 unspecified atom stereocenters. The summed E-state index contributed by atoms with van der Waals surface area (Å²) in [6, 6.07) is 0. The molecule has 0 aliphatic heterocycles. The molecule has 5 atom stereocenters. The minimum Gasteiger partial charge on any atom is -0.390 e. The van der Waals surface area contributed by atoms with Crippen molar-refractivity contribution < 1.29 is 9.84 Å². The lowest BCUT2D eigenvalue weighted by Crippen LogP contribution is -2.35. The second-order valence-electron chi connectivity index (χ2n) is 8.36. The highest BCUT2D eigenvalue weighted by molar-refractivity contribution is 5.09. The van der Waals surface area contributed by atoms with E-state index >= 15 is 0 Å². The fourth-order valence-electron chi connectivity index (χ4n) is 5.44. The molecule has 0 amide bonds. The summed E-state index contributed by atoms with van der Waals surface area (Å²) in [6.07, 6.45) is 9.70. The third kappa shape index (κ3) is 2.23. The Labute approximate surface area is 124 Å². The van der Waals surface area contributed by atoms with Gasteiger partial charge in [0, 0.05) is 6.61 Å². The lowest BCUT2D eigenvalue weighted by Gasteiger charge is -2.39. The van der Waals surface area contributed by atoms with E-state index in [0.29, 0.717) is 10.8 Å². The van der Waals surface area contributed by atoms with Crippen molar-refractivity contribution in [3.05, 3.63) is 0 Å². The molecule has 3 aliphatic carbocycles. The minimum atomic E-state index is -0.212. The first-order valence-corrected chi connectivity index (χ1v) is 8.75. The zero-order valence-corrected chi connectivity index (χ0v) is 13.5. The largest absolute Gasteiger partial charge is 0.390 e. The van der Waals surface area contributed by atoms with E-state index in [2.05, 4.69) is 20.8 Å². The van der Waals surface area contributed by atoms with Crippen LogP contribution in [0.5, 0.6) is 0 Å². The molecule has 1 N–H and O–H groups in total. The Morgan fingerprint density at radius 2 is 1.85 bits per heavy atom. The van der Waals surface area contributed by atoms with Crippen molar-refractivity contribution >= 4 is 0 Å². The number of aliphatic hydroxyl groups excluding tert-OH is 1. The molecule has 0 heterocycles. The molecule has 3 saturated carbocycles. The molecule has 0 aromatic heterocycles. The van der Waals surface area contributed by atoms with Crippen LogP contribution in [0.3, 0.4) is 0 Å². The first-order chi connectivity index (χ1) is 9.45. The standard InChI is InChI=1S/C18H32O2/c1-17(2)13-8-10-18(17,3)14(12-13)9-11-20-16-7-5-4-6-15(16)19/h13-16,19H,4-12H2,1-3H3/t13-,14-,15?,16?,18+/m1/s1. The van der Waals surface area contributed by atoms with Crippen LogP contribution in [0.1, 0.15) is 72.1 Å². The zero-order chi connectivity index (χ0) is 14.4. The average molecular weight is 280 g/mol. The SMILES string of the molecule is CC1(C)[C@@H]2CC[C@@]1(C)[C@H](CCOC1CCCCC1O)C2. The Balaban J connectivity index is 1.50. The number of ether oxygens (including phenoxy) is 1. The van der Waals surface area contributed by atoms with Gasteiger partial charge in [0.25, 0.3) is 0 Å². The van der Waals surface area contributed by atoms with Crippen LogP contribution in [0.15, 0.2) is 0 Å². The molecule has 3 rings (SSSR count). The molecule has 20 heavy (non-hydrogen) atoms. The highest BCUT2D eigenvalue weighted by atomic mass is 16.5. The summed E-state index contributed by atoms with van der Waals surface area (Å²) in [5, 5.41) is 9.97. The average Bonchev–Trinajstić information content (AvgIpc) is 2.74. The molecule has 0 aromatic rings. The molecule has 3 fully saturated rings. The molecule has 116 valence electrons. The Morgan fingerprint density at radius 1 is 1.10 bits per heavy atom. The van der Waals surface area contributed by atoms with Crippen LogP contribution >= 0.6 is 0 Å². The Morgan fingerprint density at radius 3 is 2.45 bits per heavy atom. The van der Waals surface area contributed by atoms with Gasteiger partial charge < -0.3 is 9.84 Å². The molecule has 0 spiro atoms.